The molecule has 0 aliphatic heterocycles. The van der Waals surface area contributed by atoms with E-state index in [1.807, 2.05) is 13.8 Å². The lowest BCUT2D eigenvalue weighted by atomic mass is 9.99. The monoisotopic (exact) mass is 324 g/mol. The van der Waals surface area contributed by atoms with Crippen molar-refractivity contribution in [1.29, 1.82) is 0 Å². The third-order valence-corrected chi connectivity index (χ3v) is 3.75. The Morgan fingerprint density at radius 2 is 1.42 bits per heavy atom. The van der Waals surface area contributed by atoms with Crippen LogP contribution < -0.4 is 11.5 Å². The number of Topliss-reactive ketones (excluding diaryl/α,β-unsaturated/α-hetero) is 2. The first-order valence-corrected chi connectivity index (χ1v) is 7.45. The number of azo groups is 1. The van der Waals surface area contributed by atoms with Gasteiger partial charge in [-0.05, 0) is 63.1 Å². The first kappa shape index (κ1) is 17.3. The van der Waals surface area contributed by atoms with Crippen LogP contribution in [-0.4, -0.2) is 11.6 Å². The molecule has 0 radical (unpaired) electrons. The van der Waals surface area contributed by atoms with Gasteiger partial charge >= 0.3 is 0 Å². The van der Waals surface area contributed by atoms with Crippen LogP contribution in [0.1, 0.15) is 45.7 Å². The fraction of sp³-hybridized carbons (Fsp3) is 0.222. The molecule has 0 saturated carbocycles. The molecule has 0 aliphatic rings. The van der Waals surface area contributed by atoms with E-state index in [9.17, 15) is 9.59 Å². The predicted molar refractivity (Wildman–Crippen MR) is 95.4 cm³/mol. The number of hydrogen-bond donors (Lipinski definition) is 2. The van der Waals surface area contributed by atoms with Crippen molar-refractivity contribution in [2.24, 2.45) is 10.2 Å². The Kier molecular flexibility index (Phi) is 4.78. The van der Waals surface area contributed by atoms with E-state index in [2.05, 4.69) is 10.2 Å². The fourth-order valence-electron chi connectivity index (χ4n) is 2.74. The molecular weight excluding hydrogens is 304 g/mol. The minimum absolute atomic E-state index is 0.0127. The Hall–Kier alpha value is -3.02. The predicted octanol–water partition coefficient (Wildman–Crippen LogP) is 4.29. The number of anilines is 2. The van der Waals surface area contributed by atoms with E-state index < -0.39 is 0 Å². The van der Waals surface area contributed by atoms with Gasteiger partial charge in [0, 0.05) is 5.56 Å². The minimum atomic E-state index is -0.229. The van der Waals surface area contributed by atoms with Crippen molar-refractivity contribution in [2.45, 2.75) is 27.7 Å². The topological polar surface area (TPSA) is 111 Å². The Balaban J connectivity index is 2.48. The van der Waals surface area contributed by atoms with Crippen molar-refractivity contribution in [3.8, 4) is 0 Å². The summed E-state index contributed by atoms with van der Waals surface area (Å²) in [5.74, 6) is -0.216. The molecule has 4 N–H and O–H groups in total. The third kappa shape index (κ3) is 3.32. The molecule has 0 saturated heterocycles. The normalized spacial score (nSPS) is 11.0. The van der Waals surface area contributed by atoms with Crippen LogP contribution in [-0.2, 0) is 0 Å². The van der Waals surface area contributed by atoms with Gasteiger partial charge in [-0.25, -0.2) is 0 Å². The molecule has 6 nitrogen and oxygen atoms in total. The van der Waals surface area contributed by atoms with Crippen molar-refractivity contribution in [2.75, 3.05) is 11.5 Å². The second kappa shape index (κ2) is 6.62. The number of ketones is 2. The van der Waals surface area contributed by atoms with E-state index >= 15 is 0 Å². The largest absolute Gasteiger partial charge is 0.397 e. The Labute approximate surface area is 140 Å². The molecule has 0 aromatic heterocycles. The summed E-state index contributed by atoms with van der Waals surface area (Å²) in [6, 6.07) is 6.75. The van der Waals surface area contributed by atoms with Crippen LogP contribution in [0.15, 0.2) is 34.5 Å². The van der Waals surface area contributed by atoms with Crippen LogP contribution in [0.3, 0.4) is 0 Å². The van der Waals surface area contributed by atoms with Crippen molar-refractivity contribution >= 4 is 34.3 Å². The quantitative estimate of drug-likeness (QED) is 0.496. The summed E-state index contributed by atoms with van der Waals surface area (Å²) >= 11 is 0. The second-order valence-corrected chi connectivity index (χ2v) is 5.73. The molecule has 0 spiro atoms. The van der Waals surface area contributed by atoms with Gasteiger partial charge in [-0.2, -0.15) is 5.11 Å². The Morgan fingerprint density at radius 1 is 0.875 bits per heavy atom. The van der Waals surface area contributed by atoms with E-state index in [0.717, 1.165) is 11.1 Å². The smallest absolute Gasteiger partial charge is 0.164 e. The molecular formula is C18H20N4O2. The maximum absolute atomic E-state index is 11.8. The molecule has 0 aliphatic carbocycles. The molecule has 124 valence electrons. The molecule has 0 heterocycles. The second-order valence-electron chi connectivity index (χ2n) is 5.73. The zero-order valence-corrected chi connectivity index (χ0v) is 14.2. The first-order valence-electron chi connectivity index (χ1n) is 7.45. The average molecular weight is 324 g/mol. The van der Waals surface area contributed by atoms with Gasteiger partial charge in [-0.15, -0.1) is 5.11 Å². The van der Waals surface area contributed by atoms with Crippen molar-refractivity contribution in [1.82, 2.24) is 0 Å². The van der Waals surface area contributed by atoms with Gasteiger partial charge in [-0.1, -0.05) is 0 Å². The number of hydrogen-bond acceptors (Lipinski definition) is 6. The number of nitrogens with zero attached hydrogens (tertiary/aromatic N) is 2. The number of aryl methyl sites for hydroxylation is 2. The van der Waals surface area contributed by atoms with Crippen molar-refractivity contribution in [3.63, 3.8) is 0 Å². The number of nitrogen functional groups attached to an aromatic ring is 2. The summed E-state index contributed by atoms with van der Waals surface area (Å²) in [5.41, 5.74) is 15.7. The fourth-order valence-corrected chi connectivity index (χ4v) is 2.74. The maximum atomic E-state index is 11.8. The number of carbonyl (C=O) groups excluding carboxylic acids is 2. The van der Waals surface area contributed by atoms with E-state index in [1.165, 1.54) is 13.8 Å². The van der Waals surface area contributed by atoms with Crippen LogP contribution in [0.4, 0.5) is 22.7 Å². The molecule has 2 aromatic rings. The number of rotatable bonds is 4. The van der Waals surface area contributed by atoms with Gasteiger partial charge in [0.05, 0.1) is 28.3 Å². The zero-order valence-electron chi connectivity index (χ0n) is 14.2. The maximum Gasteiger partial charge on any atom is 0.164 e. The molecule has 0 fully saturated rings. The van der Waals surface area contributed by atoms with Crippen LogP contribution in [0.5, 0.6) is 0 Å². The van der Waals surface area contributed by atoms with Crippen LogP contribution in [0.2, 0.25) is 0 Å². The highest BCUT2D eigenvalue weighted by molar-refractivity contribution is 6.06. The summed E-state index contributed by atoms with van der Waals surface area (Å²) in [5, 5.41) is 8.32. The van der Waals surface area contributed by atoms with Gasteiger partial charge in [0.15, 0.2) is 11.6 Å². The first-order chi connectivity index (χ1) is 11.2. The summed E-state index contributed by atoms with van der Waals surface area (Å²) < 4.78 is 0. The van der Waals surface area contributed by atoms with E-state index in [1.54, 1.807) is 24.3 Å². The van der Waals surface area contributed by atoms with Crippen LogP contribution in [0.25, 0.3) is 0 Å². The standard InChI is InChI=1S/C18H20N4O2/c1-9-7-13(8-10(2)16(9)11(3)23)21-22-15-6-5-14(19)18(20)17(15)12(4)24/h5-8H,19-20H2,1-4H3. The Morgan fingerprint density at radius 3 is 1.92 bits per heavy atom. The van der Waals surface area contributed by atoms with Crippen molar-refractivity contribution in [3.05, 3.63) is 46.5 Å². The highest BCUT2D eigenvalue weighted by Gasteiger charge is 2.14. The van der Waals surface area contributed by atoms with E-state index in [0.29, 0.717) is 22.6 Å². The molecule has 2 aromatic carbocycles. The highest BCUT2D eigenvalue weighted by atomic mass is 16.1. The molecule has 0 atom stereocenters. The number of nitrogens with two attached hydrogens (primary N) is 2. The lowest BCUT2D eigenvalue weighted by Gasteiger charge is -2.09. The SMILES string of the molecule is CC(=O)c1c(C)cc(N=Nc2ccc(N)c(N)c2C(C)=O)cc1C. The average Bonchev–Trinajstić information content (AvgIpc) is 2.46. The van der Waals surface area contributed by atoms with Gasteiger partial charge in [0.25, 0.3) is 0 Å². The van der Waals surface area contributed by atoms with Crippen LogP contribution >= 0.6 is 0 Å². The Bertz CT molecular complexity index is 847. The summed E-state index contributed by atoms with van der Waals surface area (Å²) in [6.45, 7) is 6.64. The summed E-state index contributed by atoms with van der Waals surface area (Å²) in [4.78, 5) is 23.5. The summed E-state index contributed by atoms with van der Waals surface area (Å²) in [6.07, 6.45) is 0. The molecule has 2 rings (SSSR count). The van der Waals surface area contributed by atoms with Gasteiger partial charge < -0.3 is 11.5 Å². The lowest BCUT2D eigenvalue weighted by Crippen LogP contribution is -2.03. The number of carbonyl (C=O) groups is 2. The zero-order chi connectivity index (χ0) is 18.0. The van der Waals surface area contributed by atoms with Crippen LogP contribution in [0, 0.1) is 13.8 Å². The third-order valence-electron chi connectivity index (χ3n) is 3.75. The van der Waals surface area contributed by atoms with Gasteiger partial charge in [0.2, 0.25) is 0 Å². The molecule has 24 heavy (non-hydrogen) atoms. The molecule has 0 unspecified atom stereocenters. The highest BCUT2D eigenvalue weighted by Crippen LogP contribution is 2.32. The molecule has 0 amide bonds. The van der Waals surface area contributed by atoms with E-state index in [-0.39, 0.29) is 22.8 Å². The van der Waals surface area contributed by atoms with E-state index in [4.69, 9.17) is 11.5 Å². The summed E-state index contributed by atoms with van der Waals surface area (Å²) in [7, 11) is 0. The van der Waals surface area contributed by atoms with Gasteiger partial charge in [0.1, 0.15) is 0 Å². The lowest BCUT2D eigenvalue weighted by molar-refractivity contribution is 0.100. The molecule has 6 heteroatoms. The van der Waals surface area contributed by atoms with Crippen molar-refractivity contribution < 1.29 is 9.59 Å². The van der Waals surface area contributed by atoms with Gasteiger partial charge in [-0.3, -0.25) is 9.59 Å². The minimum Gasteiger partial charge on any atom is -0.397 e. The molecule has 0 bridgehead atoms. The number of benzene rings is 2.